The van der Waals surface area contributed by atoms with Crippen LogP contribution < -0.4 is 19.6 Å². The summed E-state index contributed by atoms with van der Waals surface area (Å²) in [6, 6.07) is 23.9. The monoisotopic (exact) mass is 574 g/mol. The number of carbonyl (C=O) groups is 1. The van der Waals surface area contributed by atoms with E-state index in [1.54, 1.807) is 18.6 Å². The van der Waals surface area contributed by atoms with E-state index in [0.717, 1.165) is 21.2 Å². The Kier molecular flexibility index (Phi) is 7.21. The Hall–Kier alpha value is -3.75. The summed E-state index contributed by atoms with van der Waals surface area (Å²) >= 11 is 4.85. The zero-order valence-corrected chi connectivity index (χ0v) is 22.6. The molecule has 1 atom stereocenters. The molecule has 4 aromatic rings. The summed E-state index contributed by atoms with van der Waals surface area (Å²) in [5.74, 6) is 0.184. The van der Waals surface area contributed by atoms with Gasteiger partial charge >= 0.3 is 5.97 Å². The highest BCUT2D eigenvalue weighted by Crippen LogP contribution is 2.35. The van der Waals surface area contributed by atoms with Gasteiger partial charge in [-0.05, 0) is 42.3 Å². The molecule has 5 rings (SSSR count). The molecule has 8 heteroatoms. The van der Waals surface area contributed by atoms with Crippen LogP contribution in [0.25, 0.3) is 11.8 Å². The van der Waals surface area contributed by atoms with Crippen molar-refractivity contribution < 1.29 is 14.3 Å². The number of halogens is 1. The van der Waals surface area contributed by atoms with E-state index in [1.807, 2.05) is 84.9 Å². The molecule has 0 radical (unpaired) electrons. The second kappa shape index (κ2) is 10.7. The van der Waals surface area contributed by atoms with E-state index < -0.39 is 12.0 Å². The minimum atomic E-state index is -0.692. The number of esters is 1. The Bertz CT molecular complexity index is 1670. The molecule has 1 aliphatic rings. The van der Waals surface area contributed by atoms with Crippen LogP contribution in [0.5, 0.6) is 5.75 Å². The lowest BCUT2D eigenvalue weighted by Crippen LogP contribution is -2.40. The summed E-state index contributed by atoms with van der Waals surface area (Å²) in [4.78, 5) is 32.7. The fourth-order valence-corrected chi connectivity index (χ4v) is 5.64. The predicted octanol–water partition coefficient (Wildman–Crippen LogP) is 4.71. The van der Waals surface area contributed by atoms with Crippen molar-refractivity contribution in [2.45, 2.75) is 13.0 Å². The number of ether oxygens (including phenoxy) is 2. The number of thiazole rings is 1. The maximum atomic E-state index is 13.9. The van der Waals surface area contributed by atoms with Gasteiger partial charge in [0.25, 0.3) is 5.56 Å². The third kappa shape index (κ3) is 4.82. The predicted molar refractivity (Wildman–Crippen MR) is 148 cm³/mol. The molecule has 0 amide bonds. The van der Waals surface area contributed by atoms with Gasteiger partial charge in [0.1, 0.15) is 5.75 Å². The highest BCUT2D eigenvalue weighted by atomic mass is 79.9. The molecule has 37 heavy (non-hydrogen) atoms. The summed E-state index contributed by atoms with van der Waals surface area (Å²) in [6.07, 6.45) is 1.81. The van der Waals surface area contributed by atoms with Gasteiger partial charge in [-0.3, -0.25) is 9.36 Å². The lowest BCUT2D eigenvalue weighted by Gasteiger charge is -2.25. The number of hydrogen-bond acceptors (Lipinski definition) is 6. The molecule has 1 aliphatic heterocycles. The fraction of sp³-hybridized carbons (Fsp3) is 0.138. The van der Waals surface area contributed by atoms with E-state index in [1.165, 1.54) is 11.3 Å². The molecule has 0 unspecified atom stereocenters. The van der Waals surface area contributed by atoms with Gasteiger partial charge in [-0.25, -0.2) is 9.79 Å². The Morgan fingerprint density at radius 3 is 2.46 bits per heavy atom. The molecule has 0 N–H and O–H groups in total. The maximum Gasteiger partial charge on any atom is 0.338 e. The second-order valence-electron chi connectivity index (χ2n) is 8.23. The van der Waals surface area contributed by atoms with Gasteiger partial charge < -0.3 is 9.47 Å². The number of methoxy groups -OCH3 is 1. The van der Waals surface area contributed by atoms with Crippen LogP contribution in [0.15, 0.2) is 98.7 Å². The number of nitrogens with zero attached hydrogens (tertiary/aromatic N) is 2. The molecule has 0 saturated heterocycles. The molecule has 3 aromatic carbocycles. The van der Waals surface area contributed by atoms with E-state index in [0.29, 0.717) is 26.4 Å². The minimum Gasteiger partial charge on any atom is -0.497 e. The third-order valence-corrected chi connectivity index (χ3v) is 7.68. The van der Waals surface area contributed by atoms with Gasteiger partial charge in [0, 0.05) is 10.0 Å². The highest BCUT2D eigenvalue weighted by molar-refractivity contribution is 9.10. The molecule has 186 valence electrons. The lowest BCUT2D eigenvalue weighted by molar-refractivity contribution is -0.138. The molecule has 0 saturated carbocycles. The summed E-state index contributed by atoms with van der Waals surface area (Å²) in [5, 5.41) is 0. The van der Waals surface area contributed by atoms with Gasteiger partial charge in [0.15, 0.2) is 4.80 Å². The molecule has 0 spiro atoms. The van der Waals surface area contributed by atoms with Crippen LogP contribution in [-0.4, -0.2) is 24.3 Å². The van der Waals surface area contributed by atoms with Crippen LogP contribution in [0.4, 0.5) is 0 Å². The van der Waals surface area contributed by atoms with Crippen LogP contribution in [0.1, 0.15) is 29.7 Å². The van der Waals surface area contributed by atoms with Gasteiger partial charge in [-0.15, -0.1) is 0 Å². The fourth-order valence-electron chi connectivity index (χ4n) is 4.29. The Balaban J connectivity index is 1.82. The zero-order chi connectivity index (χ0) is 25.9. The number of aromatic nitrogens is 1. The first kappa shape index (κ1) is 24.9. The van der Waals surface area contributed by atoms with Crippen molar-refractivity contribution in [3.8, 4) is 5.75 Å². The molecule has 1 aromatic heterocycles. The maximum absolute atomic E-state index is 13.9. The van der Waals surface area contributed by atoms with E-state index in [-0.39, 0.29) is 12.2 Å². The Labute approximate surface area is 226 Å². The van der Waals surface area contributed by atoms with Crippen molar-refractivity contribution in [2.75, 3.05) is 13.7 Å². The number of benzene rings is 3. The van der Waals surface area contributed by atoms with Crippen LogP contribution in [0.3, 0.4) is 0 Å². The Morgan fingerprint density at radius 2 is 1.78 bits per heavy atom. The molecular formula is C29H23BrN2O4S. The van der Waals surface area contributed by atoms with E-state index >= 15 is 0 Å². The van der Waals surface area contributed by atoms with Gasteiger partial charge in [-0.2, -0.15) is 0 Å². The number of fused-ring (bicyclic) bond motifs is 1. The van der Waals surface area contributed by atoms with Crippen molar-refractivity contribution in [3.05, 3.63) is 125 Å². The second-order valence-corrected chi connectivity index (χ2v) is 10.1. The first-order valence-corrected chi connectivity index (χ1v) is 13.3. The molecule has 0 aliphatic carbocycles. The molecule has 0 bridgehead atoms. The smallest absolute Gasteiger partial charge is 0.338 e. The van der Waals surface area contributed by atoms with E-state index in [4.69, 9.17) is 14.5 Å². The first-order chi connectivity index (χ1) is 18.0. The molecule has 6 nitrogen and oxygen atoms in total. The van der Waals surface area contributed by atoms with E-state index in [2.05, 4.69) is 15.9 Å². The van der Waals surface area contributed by atoms with Gasteiger partial charge in [0.05, 0.1) is 35.6 Å². The number of carbonyl (C=O) groups excluding carboxylic acids is 1. The van der Waals surface area contributed by atoms with Crippen LogP contribution >= 0.6 is 27.3 Å². The third-order valence-electron chi connectivity index (χ3n) is 5.98. The van der Waals surface area contributed by atoms with Crippen molar-refractivity contribution in [2.24, 2.45) is 4.99 Å². The van der Waals surface area contributed by atoms with Gasteiger partial charge in [-0.1, -0.05) is 87.9 Å². The molecule has 2 heterocycles. The topological polar surface area (TPSA) is 69.9 Å². The van der Waals surface area contributed by atoms with Crippen molar-refractivity contribution in [1.82, 2.24) is 4.57 Å². The summed E-state index contributed by atoms with van der Waals surface area (Å²) in [7, 11) is 1.60. The van der Waals surface area contributed by atoms with Crippen LogP contribution in [0.2, 0.25) is 0 Å². The van der Waals surface area contributed by atoms with E-state index in [9.17, 15) is 9.59 Å². The van der Waals surface area contributed by atoms with Crippen molar-refractivity contribution in [3.63, 3.8) is 0 Å². The van der Waals surface area contributed by atoms with Crippen molar-refractivity contribution in [1.29, 1.82) is 0 Å². The first-order valence-electron chi connectivity index (χ1n) is 11.7. The molecular weight excluding hydrogens is 552 g/mol. The van der Waals surface area contributed by atoms with Crippen LogP contribution in [-0.2, 0) is 9.53 Å². The largest absolute Gasteiger partial charge is 0.497 e. The highest BCUT2D eigenvalue weighted by Gasteiger charge is 2.35. The average Bonchev–Trinajstić information content (AvgIpc) is 3.24. The summed E-state index contributed by atoms with van der Waals surface area (Å²) in [6.45, 7) is 1.97. The quantitative estimate of drug-likeness (QED) is 0.313. The standard InChI is InChI=1S/C29H23BrN2O4S/c1-3-36-28(34)24-25(18-10-6-4-7-11-18)31-29-32(26(24)19-12-8-5-9-13-19)27(33)23(37-29)17-20-16-21(35-2)14-15-22(20)30/h4-17,26H,3H2,1-2H3/b23-17-/t26-/m1/s1. The van der Waals surface area contributed by atoms with Gasteiger partial charge in [0.2, 0.25) is 0 Å². The molecule has 0 fully saturated rings. The zero-order valence-electron chi connectivity index (χ0n) is 20.2. The number of rotatable bonds is 6. The normalized spacial score (nSPS) is 15.2. The lowest BCUT2D eigenvalue weighted by atomic mass is 9.93. The summed E-state index contributed by atoms with van der Waals surface area (Å²) in [5.41, 5.74) is 2.97. The summed E-state index contributed by atoms with van der Waals surface area (Å²) < 4.78 is 13.8. The SMILES string of the molecule is CCOC(=O)C1=C(c2ccccc2)N=c2s/c(=C\c3cc(OC)ccc3Br)c(=O)n2[C@@H]1c1ccccc1. The van der Waals surface area contributed by atoms with Crippen molar-refractivity contribution >= 4 is 45.0 Å². The average molecular weight is 575 g/mol. The minimum absolute atomic E-state index is 0.209. The Morgan fingerprint density at radius 1 is 1.08 bits per heavy atom. The van der Waals surface area contributed by atoms with Crippen LogP contribution in [0, 0.1) is 0 Å². The number of hydrogen-bond donors (Lipinski definition) is 0.